The predicted octanol–water partition coefficient (Wildman–Crippen LogP) is -1.43. The summed E-state index contributed by atoms with van der Waals surface area (Å²) < 4.78 is 8.88. The molecule has 0 atom stereocenters. The van der Waals surface area contributed by atoms with Gasteiger partial charge in [0.2, 0.25) is 0 Å². The second-order valence-electron chi connectivity index (χ2n) is 0.513. The van der Waals surface area contributed by atoms with Gasteiger partial charge in [-0.3, -0.25) is 4.70 Å². The van der Waals surface area contributed by atoms with E-state index in [4.69, 9.17) is 19.2 Å². The van der Waals surface area contributed by atoms with Crippen molar-refractivity contribution in [3.63, 3.8) is 0 Å². The number of hydrogen-bond acceptors (Lipinski definition) is 1. The number of phosphoric acid groups is 1. The van der Waals surface area contributed by atoms with E-state index >= 15 is 0 Å². The van der Waals surface area contributed by atoms with E-state index in [2.05, 4.69) is 0 Å². The van der Waals surface area contributed by atoms with Crippen LogP contribution in [0.1, 0.15) is 0 Å². The zero-order chi connectivity index (χ0) is 4.50. The van der Waals surface area contributed by atoms with E-state index in [0.29, 0.717) is 0 Å². The Morgan fingerprint density at radius 2 is 1.12 bits per heavy atom. The zero-order valence-corrected chi connectivity index (χ0v) is 5.18. The first kappa shape index (κ1) is 22.7. The van der Waals surface area contributed by atoms with Crippen LogP contribution in [0.25, 0.3) is 0 Å². The molecule has 3 N–H and O–H groups in total. The number of halogens is 1. The molecule has 0 aliphatic rings. The summed E-state index contributed by atoms with van der Waals surface area (Å²) in [5.74, 6) is 0. The van der Waals surface area contributed by atoms with Crippen LogP contribution in [0.4, 0.5) is 4.70 Å². The van der Waals surface area contributed by atoms with Crippen molar-refractivity contribution in [1.29, 1.82) is 0 Å². The Balaban J connectivity index is -0.0000000267. The third kappa shape index (κ3) is 132. The van der Waals surface area contributed by atoms with Gasteiger partial charge >= 0.3 is 37.4 Å². The molecular formula is H5CrFNaO4P. The van der Waals surface area contributed by atoms with Gasteiger partial charge in [0.1, 0.15) is 0 Å². The standard InChI is InChI=1S/Cr.FH.Na.H3O4P.H/c;;;1-5(2,3)4;/h;1H;;(H3,1,2,3,4);. The summed E-state index contributed by atoms with van der Waals surface area (Å²) in [5, 5.41) is 0. The topological polar surface area (TPSA) is 77.8 Å². The molecule has 0 bridgehead atoms. The summed E-state index contributed by atoms with van der Waals surface area (Å²) in [7, 11) is -4.64. The maximum absolute atomic E-state index is 8.88. The van der Waals surface area contributed by atoms with E-state index in [1.165, 1.54) is 0 Å². The molecule has 0 heterocycles. The third-order valence-electron chi connectivity index (χ3n) is 0. The van der Waals surface area contributed by atoms with Crippen molar-refractivity contribution in [1.82, 2.24) is 0 Å². The summed E-state index contributed by atoms with van der Waals surface area (Å²) in [6.45, 7) is 0. The van der Waals surface area contributed by atoms with E-state index in [-0.39, 0.29) is 51.6 Å². The van der Waals surface area contributed by atoms with Gasteiger partial charge in [-0.15, -0.1) is 0 Å². The first-order chi connectivity index (χ1) is 2.00. The minimum atomic E-state index is -4.64. The van der Waals surface area contributed by atoms with Crippen molar-refractivity contribution in [2.75, 3.05) is 0 Å². The van der Waals surface area contributed by atoms with E-state index in [1.54, 1.807) is 0 Å². The van der Waals surface area contributed by atoms with E-state index in [1.807, 2.05) is 0 Å². The van der Waals surface area contributed by atoms with Crippen molar-refractivity contribution in [3.05, 3.63) is 0 Å². The Hall–Kier alpha value is 1.57. The molecule has 0 fully saturated rings. The van der Waals surface area contributed by atoms with Gasteiger partial charge in [0.25, 0.3) is 0 Å². The first-order valence-corrected chi connectivity index (χ1v) is 2.35. The van der Waals surface area contributed by atoms with Crippen LogP contribution in [-0.4, -0.2) is 44.2 Å². The van der Waals surface area contributed by atoms with Gasteiger partial charge in [-0.2, -0.15) is 0 Å². The average molecular weight is 194 g/mol. The van der Waals surface area contributed by atoms with Crippen LogP contribution < -0.4 is 0 Å². The van der Waals surface area contributed by atoms with Gasteiger partial charge in [-0.25, -0.2) is 4.57 Å². The monoisotopic (exact) mass is 194 g/mol. The van der Waals surface area contributed by atoms with E-state index < -0.39 is 7.82 Å². The second-order valence-corrected chi connectivity index (χ2v) is 1.54. The fourth-order valence-electron chi connectivity index (χ4n) is 0. The number of hydrogen-bond donors (Lipinski definition) is 3. The van der Waals surface area contributed by atoms with E-state index in [9.17, 15) is 0 Å². The molecule has 48 valence electrons. The Kier molecular flexibility index (Phi) is 24.3. The van der Waals surface area contributed by atoms with Gasteiger partial charge in [0.05, 0.1) is 0 Å². The van der Waals surface area contributed by atoms with Gasteiger partial charge in [0.15, 0.2) is 0 Å². The molecule has 0 aliphatic heterocycles. The van der Waals surface area contributed by atoms with Crippen LogP contribution in [-0.2, 0) is 21.9 Å². The molecule has 8 heteroatoms. The molecule has 0 saturated heterocycles. The Morgan fingerprint density at radius 1 is 1.12 bits per heavy atom. The molecular weight excluding hydrogens is 189 g/mol. The average Bonchev–Trinajstić information content (AvgIpc) is 0.722. The van der Waals surface area contributed by atoms with Crippen LogP contribution in [0.2, 0.25) is 0 Å². The molecule has 0 amide bonds. The summed E-state index contributed by atoms with van der Waals surface area (Å²) >= 11 is 0. The molecule has 4 nitrogen and oxygen atoms in total. The minimum absolute atomic E-state index is 0. The molecule has 0 saturated carbocycles. The van der Waals surface area contributed by atoms with Crippen molar-refractivity contribution >= 4 is 37.4 Å². The first-order valence-electron chi connectivity index (χ1n) is 0.783. The molecule has 0 spiro atoms. The van der Waals surface area contributed by atoms with Gasteiger partial charge in [-0.1, -0.05) is 0 Å². The second kappa shape index (κ2) is 8.57. The van der Waals surface area contributed by atoms with Crippen molar-refractivity contribution in [3.8, 4) is 0 Å². The Bertz CT molecular complexity index is 62.2. The number of rotatable bonds is 0. The fraction of sp³-hybridized carbons (Fsp3) is 0. The fourth-order valence-corrected chi connectivity index (χ4v) is 0. The molecule has 8 heavy (non-hydrogen) atoms. The SMILES string of the molecule is F.O=P(O)(O)O.[Cr].[NaH]. The van der Waals surface area contributed by atoms with Crippen molar-refractivity contribution in [2.45, 2.75) is 0 Å². The molecule has 0 aromatic carbocycles. The summed E-state index contributed by atoms with van der Waals surface area (Å²) in [5.41, 5.74) is 0. The van der Waals surface area contributed by atoms with Crippen molar-refractivity contribution in [2.24, 2.45) is 0 Å². The quantitative estimate of drug-likeness (QED) is 0.326. The van der Waals surface area contributed by atoms with Crippen LogP contribution in [0, 0.1) is 0 Å². The predicted molar refractivity (Wildman–Crippen MR) is 23.9 cm³/mol. The maximum atomic E-state index is 8.88. The molecule has 0 rings (SSSR count). The summed E-state index contributed by atoms with van der Waals surface area (Å²) in [6.07, 6.45) is 0. The zero-order valence-electron chi connectivity index (χ0n) is 3.01. The van der Waals surface area contributed by atoms with Crippen LogP contribution in [0.3, 0.4) is 0 Å². The van der Waals surface area contributed by atoms with Gasteiger partial charge < -0.3 is 14.7 Å². The third-order valence-corrected chi connectivity index (χ3v) is 0. The molecule has 0 unspecified atom stereocenters. The van der Waals surface area contributed by atoms with Crippen LogP contribution >= 0.6 is 7.82 Å². The molecule has 0 aromatic heterocycles. The molecule has 0 aliphatic carbocycles. The Morgan fingerprint density at radius 3 is 1.12 bits per heavy atom. The van der Waals surface area contributed by atoms with Gasteiger partial charge in [0, 0.05) is 17.4 Å². The van der Waals surface area contributed by atoms with Crippen molar-refractivity contribution < 1.29 is 41.3 Å². The normalized spacial score (nSPS) is 7.38. The van der Waals surface area contributed by atoms with E-state index in [0.717, 1.165) is 0 Å². The van der Waals surface area contributed by atoms with Gasteiger partial charge in [-0.05, 0) is 0 Å². The summed E-state index contributed by atoms with van der Waals surface area (Å²) in [6, 6.07) is 0. The molecule has 0 aromatic rings. The molecule has 0 radical (unpaired) electrons. The summed E-state index contributed by atoms with van der Waals surface area (Å²) in [4.78, 5) is 21.6. The van der Waals surface area contributed by atoms with Crippen LogP contribution in [0.15, 0.2) is 0 Å². The Labute approximate surface area is 78.3 Å². The van der Waals surface area contributed by atoms with Crippen LogP contribution in [0.5, 0.6) is 0 Å².